The van der Waals surface area contributed by atoms with Crippen LogP contribution in [0, 0.1) is 12.3 Å². The molecule has 0 spiro atoms. The standard InChI is InChI=1S/C16H20N2/c1-10-4-5-13-12(8-10)15(17)11-6-7-16(2,3)9-14(11)18-13/h4-5,8H,6-7,9H2,1-3H3,(H2,17,18). The van der Waals surface area contributed by atoms with Crippen LogP contribution in [0.4, 0.5) is 5.69 Å². The Hall–Kier alpha value is -1.57. The Balaban J connectivity index is 2.26. The van der Waals surface area contributed by atoms with E-state index < -0.39 is 0 Å². The Morgan fingerprint density at radius 3 is 2.83 bits per heavy atom. The maximum atomic E-state index is 6.36. The first-order chi connectivity index (χ1) is 8.46. The number of rotatable bonds is 0. The first-order valence-electron chi connectivity index (χ1n) is 6.64. The molecule has 0 saturated carbocycles. The third kappa shape index (κ3) is 1.76. The lowest BCUT2D eigenvalue weighted by Gasteiger charge is -2.31. The zero-order valence-corrected chi connectivity index (χ0v) is 11.4. The molecule has 18 heavy (non-hydrogen) atoms. The van der Waals surface area contributed by atoms with E-state index in [2.05, 4.69) is 39.0 Å². The molecule has 1 aromatic carbocycles. The quantitative estimate of drug-likeness (QED) is 0.763. The predicted molar refractivity (Wildman–Crippen MR) is 76.7 cm³/mol. The van der Waals surface area contributed by atoms with Gasteiger partial charge in [0.25, 0.3) is 0 Å². The van der Waals surface area contributed by atoms with Crippen molar-refractivity contribution in [2.45, 2.75) is 40.0 Å². The van der Waals surface area contributed by atoms with E-state index in [-0.39, 0.29) is 0 Å². The van der Waals surface area contributed by atoms with E-state index in [0.717, 1.165) is 29.4 Å². The lowest BCUT2D eigenvalue weighted by molar-refractivity contribution is 0.312. The molecule has 0 fully saturated rings. The SMILES string of the molecule is Cc1ccc2nc3c(c(N)c2c1)CCC(C)(C)C3. The molecule has 2 nitrogen and oxygen atoms in total. The largest absolute Gasteiger partial charge is 0.398 e. The van der Waals surface area contributed by atoms with Crippen molar-refractivity contribution in [3.8, 4) is 0 Å². The summed E-state index contributed by atoms with van der Waals surface area (Å²) in [7, 11) is 0. The Morgan fingerprint density at radius 1 is 1.28 bits per heavy atom. The maximum Gasteiger partial charge on any atom is 0.0726 e. The van der Waals surface area contributed by atoms with Gasteiger partial charge in [0.2, 0.25) is 0 Å². The van der Waals surface area contributed by atoms with Gasteiger partial charge in [0.15, 0.2) is 0 Å². The van der Waals surface area contributed by atoms with Crippen LogP contribution in [0.25, 0.3) is 10.9 Å². The summed E-state index contributed by atoms with van der Waals surface area (Å²) in [5, 5.41) is 1.12. The molecule has 2 aromatic rings. The third-order valence-electron chi connectivity index (χ3n) is 4.07. The van der Waals surface area contributed by atoms with Crippen LogP contribution in [-0.2, 0) is 12.8 Å². The molecule has 0 amide bonds. The summed E-state index contributed by atoms with van der Waals surface area (Å²) in [4.78, 5) is 4.83. The number of aryl methyl sites for hydroxylation is 1. The van der Waals surface area contributed by atoms with Crippen LogP contribution < -0.4 is 5.73 Å². The lowest BCUT2D eigenvalue weighted by atomic mass is 9.75. The molecule has 0 aliphatic heterocycles. The van der Waals surface area contributed by atoms with Crippen LogP contribution in [0.15, 0.2) is 18.2 Å². The van der Waals surface area contributed by atoms with Crippen LogP contribution in [0.2, 0.25) is 0 Å². The van der Waals surface area contributed by atoms with Crippen molar-refractivity contribution in [3.05, 3.63) is 35.0 Å². The topological polar surface area (TPSA) is 38.9 Å². The summed E-state index contributed by atoms with van der Waals surface area (Å²) in [5.41, 5.74) is 12.4. The second-order valence-corrected chi connectivity index (χ2v) is 6.31. The van der Waals surface area contributed by atoms with Gasteiger partial charge in [-0.2, -0.15) is 0 Å². The second kappa shape index (κ2) is 3.71. The fourth-order valence-electron chi connectivity index (χ4n) is 2.92. The van der Waals surface area contributed by atoms with E-state index >= 15 is 0 Å². The van der Waals surface area contributed by atoms with Gasteiger partial charge < -0.3 is 5.73 Å². The molecule has 0 atom stereocenters. The van der Waals surface area contributed by atoms with Crippen LogP contribution in [0.5, 0.6) is 0 Å². The number of nitrogen functional groups attached to an aromatic ring is 1. The Labute approximate surface area is 108 Å². The normalized spacial score (nSPS) is 17.7. The first kappa shape index (κ1) is 11.5. The molecular weight excluding hydrogens is 220 g/mol. The number of hydrogen-bond donors (Lipinski definition) is 1. The number of pyridine rings is 1. The van der Waals surface area contributed by atoms with Crippen LogP contribution in [0.3, 0.4) is 0 Å². The molecule has 0 radical (unpaired) electrons. The summed E-state index contributed by atoms with van der Waals surface area (Å²) in [6, 6.07) is 6.34. The number of fused-ring (bicyclic) bond motifs is 2. The second-order valence-electron chi connectivity index (χ2n) is 6.31. The molecule has 2 heteroatoms. The zero-order chi connectivity index (χ0) is 12.9. The zero-order valence-electron chi connectivity index (χ0n) is 11.4. The van der Waals surface area contributed by atoms with Crippen LogP contribution in [-0.4, -0.2) is 4.98 Å². The molecule has 3 rings (SSSR count). The van der Waals surface area contributed by atoms with Crippen molar-refractivity contribution in [3.63, 3.8) is 0 Å². The molecule has 0 saturated heterocycles. The molecule has 0 bridgehead atoms. The molecule has 1 aliphatic rings. The molecular formula is C16H20N2. The Bertz CT molecular complexity index is 627. The fraction of sp³-hybridized carbons (Fsp3) is 0.438. The van der Waals surface area contributed by atoms with E-state index in [1.807, 2.05) is 0 Å². The molecule has 1 heterocycles. The fourth-order valence-corrected chi connectivity index (χ4v) is 2.92. The van der Waals surface area contributed by atoms with Gasteiger partial charge in [-0.25, -0.2) is 0 Å². The highest BCUT2D eigenvalue weighted by Gasteiger charge is 2.28. The third-order valence-corrected chi connectivity index (χ3v) is 4.07. The van der Waals surface area contributed by atoms with Gasteiger partial charge in [0.05, 0.1) is 5.52 Å². The van der Waals surface area contributed by atoms with Gasteiger partial charge in [-0.1, -0.05) is 25.5 Å². The molecule has 1 aliphatic carbocycles. The first-order valence-corrected chi connectivity index (χ1v) is 6.64. The van der Waals surface area contributed by atoms with Crippen molar-refractivity contribution in [1.29, 1.82) is 0 Å². The van der Waals surface area contributed by atoms with E-state index in [4.69, 9.17) is 10.7 Å². The van der Waals surface area contributed by atoms with Gasteiger partial charge in [-0.05, 0) is 49.3 Å². The smallest absolute Gasteiger partial charge is 0.0726 e. The van der Waals surface area contributed by atoms with E-state index in [1.54, 1.807) is 0 Å². The summed E-state index contributed by atoms with van der Waals surface area (Å²) >= 11 is 0. The van der Waals surface area contributed by atoms with Crippen molar-refractivity contribution < 1.29 is 0 Å². The minimum absolute atomic E-state index is 0.352. The summed E-state index contributed by atoms with van der Waals surface area (Å²) in [6.45, 7) is 6.72. The predicted octanol–water partition coefficient (Wildman–Crippen LogP) is 3.64. The number of benzene rings is 1. The Kier molecular flexibility index (Phi) is 2.37. The summed E-state index contributed by atoms with van der Waals surface area (Å²) in [6.07, 6.45) is 3.30. The van der Waals surface area contributed by atoms with Crippen molar-refractivity contribution in [2.24, 2.45) is 5.41 Å². The Morgan fingerprint density at radius 2 is 2.06 bits per heavy atom. The molecule has 0 unspecified atom stereocenters. The van der Waals surface area contributed by atoms with Crippen molar-refractivity contribution in [2.75, 3.05) is 5.73 Å². The van der Waals surface area contributed by atoms with Gasteiger partial charge in [-0.15, -0.1) is 0 Å². The number of nitrogens with zero attached hydrogens (tertiary/aromatic N) is 1. The highest BCUT2D eigenvalue weighted by Crippen LogP contribution is 2.38. The van der Waals surface area contributed by atoms with Gasteiger partial charge >= 0.3 is 0 Å². The van der Waals surface area contributed by atoms with E-state index in [0.29, 0.717) is 5.41 Å². The van der Waals surface area contributed by atoms with Crippen molar-refractivity contribution in [1.82, 2.24) is 4.98 Å². The minimum Gasteiger partial charge on any atom is -0.398 e. The number of nitrogens with two attached hydrogens (primary N) is 1. The van der Waals surface area contributed by atoms with E-state index in [1.165, 1.54) is 23.2 Å². The maximum absolute atomic E-state index is 6.36. The average molecular weight is 240 g/mol. The minimum atomic E-state index is 0.352. The number of anilines is 1. The molecule has 2 N–H and O–H groups in total. The molecule has 94 valence electrons. The van der Waals surface area contributed by atoms with Crippen LogP contribution in [0.1, 0.15) is 37.1 Å². The monoisotopic (exact) mass is 240 g/mol. The van der Waals surface area contributed by atoms with Gasteiger partial charge in [0, 0.05) is 16.8 Å². The highest BCUT2D eigenvalue weighted by molar-refractivity contribution is 5.92. The lowest BCUT2D eigenvalue weighted by Crippen LogP contribution is -2.24. The summed E-state index contributed by atoms with van der Waals surface area (Å²) < 4.78 is 0. The highest BCUT2D eigenvalue weighted by atomic mass is 14.7. The van der Waals surface area contributed by atoms with Gasteiger partial charge in [0.1, 0.15) is 0 Å². The van der Waals surface area contributed by atoms with E-state index in [9.17, 15) is 0 Å². The van der Waals surface area contributed by atoms with Gasteiger partial charge in [-0.3, -0.25) is 4.98 Å². The molecule has 1 aromatic heterocycles. The number of aromatic nitrogens is 1. The summed E-state index contributed by atoms with van der Waals surface area (Å²) in [5.74, 6) is 0. The van der Waals surface area contributed by atoms with Crippen molar-refractivity contribution >= 4 is 16.6 Å². The van der Waals surface area contributed by atoms with Crippen LogP contribution >= 0.6 is 0 Å². The number of hydrogen-bond acceptors (Lipinski definition) is 2. The average Bonchev–Trinajstić information content (AvgIpc) is 2.29.